The summed E-state index contributed by atoms with van der Waals surface area (Å²) in [5.41, 5.74) is 5.55. The second-order valence-corrected chi connectivity index (χ2v) is 12.4. The molecule has 1 saturated heterocycles. The van der Waals surface area contributed by atoms with Gasteiger partial charge in [0.05, 0.1) is 25.3 Å². The molecule has 4 atom stereocenters. The van der Waals surface area contributed by atoms with E-state index in [1.807, 2.05) is 6.92 Å². The first-order chi connectivity index (χ1) is 19.1. The molecule has 1 aliphatic heterocycles. The summed E-state index contributed by atoms with van der Waals surface area (Å²) in [6, 6.07) is 0.989. The lowest BCUT2D eigenvalue weighted by Gasteiger charge is -2.31. The normalized spacial score (nSPS) is 18.9. The van der Waals surface area contributed by atoms with E-state index in [4.69, 9.17) is 10.5 Å². The number of aliphatic hydroxyl groups is 2. The smallest absolute Gasteiger partial charge is 0.410 e. The number of amides is 3. The van der Waals surface area contributed by atoms with Crippen LogP contribution in [0.15, 0.2) is 16.6 Å². The Morgan fingerprint density at radius 2 is 1.95 bits per heavy atom. The number of ether oxygens (including phenoxy) is 1. The summed E-state index contributed by atoms with van der Waals surface area (Å²) in [5, 5.41) is 28.1. The van der Waals surface area contributed by atoms with Crippen molar-refractivity contribution in [1.29, 1.82) is 0 Å². The number of likely N-dealkylation sites (tertiary alicyclic amines) is 1. The molecule has 0 aliphatic carbocycles. The van der Waals surface area contributed by atoms with Gasteiger partial charge in [0, 0.05) is 29.3 Å². The Hall–Kier alpha value is -3.23. The molecule has 4 unspecified atom stereocenters. The molecule has 0 aromatic carbocycles. The van der Waals surface area contributed by atoms with E-state index in [0.717, 1.165) is 9.78 Å². The van der Waals surface area contributed by atoms with Gasteiger partial charge in [0.1, 0.15) is 18.2 Å². The highest BCUT2D eigenvalue weighted by Gasteiger charge is 2.39. The molecular formula is C27H43N5O8S. The molecule has 2 heterocycles. The number of nitrogens with one attached hydrogen (secondary N) is 1. The maximum Gasteiger partial charge on any atom is 0.410 e. The number of hydrogen-bond donors (Lipinski definition) is 4. The summed E-state index contributed by atoms with van der Waals surface area (Å²) in [4.78, 5) is 58.3. The third-order valence-corrected chi connectivity index (χ3v) is 7.06. The van der Waals surface area contributed by atoms with Gasteiger partial charge in [-0.15, -0.1) is 11.3 Å². The predicted molar refractivity (Wildman–Crippen MR) is 153 cm³/mol. The largest absolute Gasteiger partial charge is 0.444 e. The van der Waals surface area contributed by atoms with Crippen molar-refractivity contribution < 1.29 is 39.0 Å². The van der Waals surface area contributed by atoms with Crippen LogP contribution in [0.4, 0.5) is 4.79 Å². The second-order valence-electron chi connectivity index (χ2n) is 11.4. The summed E-state index contributed by atoms with van der Waals surface area (Å²) in [7, 11) is 0. The maximum absolute atomic E-state index is 13.4. The van der Waals surface area contributed by atoms with Crippen molar-refractivity contribution in [2.75, 3.05) is 19.6 Å². The van der Waals surface area contributed by atoms with Gasteiger partial charge in [-0.1, -0.05) is 12.1 Å². The van der Waals surface area contributed by atoms with Crippen LogP contribution in [-0.4, -0.2) is 93.2 Å². The van der Waals surface area contributed by atoms with Crippen LogP contribution < -0.4 is 11.1 Å². The molecule has 230 valence electrons. The van der Waals surface area contributed by atoms with Crippen molar-refractivity contribution in [1.82, 2.24) is 15.1 Å². The lowest BCUT2D eigenvalue weighted by molar-refractivity contribution is -0.141. The first kappa shape index (κ1) is 34.0. The van der Waals surface area contributed by atoms with Gasteiger partial charge in [0.25, 0.3) is 0 Å². The first-order valence-corrected chi connectivity index (χ1v) is 14.4. The molecule has 41 heavy (non-hydrogen) atoms. The number of carbonyl (C=O) groups excluding carboxylic acids is 4. The molecule has 1 aromatic rings. The van der Waals surface area contributed by atoms with Gasteiger partial charge in [0.15, 0.2) is 5.84 Å². The second kappa shape index (κ2) is 15.1. The van der Waals surface area contributed by atoms with E-state index in [-0.39, 0.29) is 43.7 Å². The molecule has 1 fully saturated rings. The van der Waals surface area contributed by atoms with E-state index in [2.05, 4.69) is 15.3 Å². The molecule has 13 nitrogen and oxygen atoms in total. The Balaban J connectivity index is 2.07. The van der Waals surface area contributed by atoms with Gasteiger partial charge < -0.3 is 35.7 Å². The highest BCUT2D eigenvalue weighted by atomic mass is 32.1. The Morgan fingerprint density at radius 1 is 1.27 bits per heavy atom. The summed E-state index contributed by atoms with van der Waals surface area (Å²) < 4.78 is 5.45. The van der Waals surface area contributed by atoms with Crippen molar-refractivity contribution >= 4 is 41.0 Å². The summed E-state index contributed by atoms with van der Waals surface area (Å²) in [5.74, 6) is -1.27. The zero-order valence-corrected chi connectivity index (χ0v) is 25.4. The van der Waals surface area contributed by atoms with Crippen LogP contribution in [0.2, 0.25) is 0 Å². The molecule has 5 N–H and O–H groups in total. The fraction of sp³-hybridized carbons (Fsp3) is 0.667. The Bertz CT molecular complexity index is 1100. The van der Waals surface area contributed by atoms with Crippen molar-refractivity contribution in [2.24, 2.45) is 16.8 Å². The minimum Gasteiger partial charge on any atom is -0.444 e. The van der Waals surface area contributed by atoms with Gasteiger partial charge in [-0.2, -0.15) is 0 Å². The summed E-state index contributed by atoms with van der Waals surface area (Å²) in [6.07, 6.45) is -1.30. The number of nitrogens with two attached hydrogens (primary N) is 1. The number of rotatable bonds is 12. The van der Waals surface area contributed by atoms with Crippen LogP contribution in [0, 0.1) is 5.92 Å². The summed E-state index contributed by atoms with van der Waals surface area (Å²) >= 11 is 1.34. The molecule has 2 rings (SSSR count). The number of hydrogen-bond acceptors (Lipinski definition) is 10. The number of thiophene rings is 1. The van der Waals surface area contributed by atoms with E-state index >= 15 is 0 Å². The Labute approximate surface area is 244 Å². The van der Waals surface area contributed by atoms with Gasteiger partial charge in [-0.25, -0.2) is 9.59 Å². The molecule has 0 spiro atoms. The molecule has 0 radical (unpaired) electrons. The molecule has 3 amide bonds. The molecule has 1 aliphatic rings. The van der Waals surface area contributed by atoms with Crippen molar-refractivity contribution in [3.63, 3.8) is 0 Å². The number of aliphatic hydroxyl groups excluding tert-OH is 2. The first-order valence-electron chi connectivity index (χ1n) is 13.6. The van der Waals surface area contributed by atoms with Crippen LogP contribution in [0.25, 0.3) is 0 Å². The molecule has 14 heteroatoms. The Kier molecular flexibility index (Phi) is 12.5. The quantitative estimate of drug-likeness (QED) is 0.120. The molecule has 0 saturated carbocycles. The lowest BCUT2D eigenvalue weighted by Crippen LogP contribution is -2.51. The van der Waals surface area contributed by atoms with Gasteiger partial charge in [-0.05, 0) is 58.9 Å². The van der Waals surface area contributed by atoms with Gasteiger partial charge >= 0.3 is 12.1 Å². The number of amidine groups is 1. The maximum atomic E-state index is 13.4. The monoisotopic (exact) mass is 597 g/mol. The standard InChI is InChI=1S/C27H43N5O8S/c1-16-9-22(25(37)29-11-21-10-19(15-41-21)24(28)30-40-18(3)34)32(12-16)23(36)14-31(26(38)39-27(4,5)6)13-20(35)8-7-17(2)33/h10,15-17,20,22,33,35H,7-9,11-14H2,1-6H3,(H2,28,30)(H,29,37). The van der Waals surface area contributed by atoms with E-state index in [0.29, 0.717) is 24.9 Å². The Morgan fingerprint density at radius 3 is 2.56 bits per heavy atom. The van der Waals surface area contributed by atoms with Crippen LogP contribution in [0.1, 0.15) is 71.2 Å². The molecular weight excluding hydrogens is 554 g/mol. The average molecular weight is 598 g/mol. The van der Waals surface area contributed by atoms with Crippen LogP contribution in [0.3, 0.4) is 0 Å². The zero-order chi connectivity index (χ0) is 30.9. The molecule has 0 bridgehead atoms. The third kappa shape index (κ3) is 11.7. The minimum atomic E-state index is -0.967. The van der Waals surface area contributed by atoms with Crippen molar-refractivity contribution in [3.05, 3.63) is 21.9 Å². The van der Waals surface area contributed by atoms with Crippen LogP contribution in [-0.2, 0) is 30.5 Å². The zero-order valence-electron chi connectivity index (χ0n) is 24.6. The van der Waals surface area contributed by atoms with E-state index < -0.39 is 41.8 Å². The number of nitrogens with zero attached hydrogens (tertiary/aromatic N) is 3. The number of oxime groups is 1. The highest BCUT2D eigenvalue weighted by molar-refractivity contribution is 7.10. The number of carbonyl (C=O) groups is 4. The average Bonchev–Trinajstić information content (AvgIpc) is 3.50. The highest BCUT2D eigenvalue weighted by Crippen LogP contribution is 2.24. The van der Waals surface area contributed by atoms with Crippen molar-refractivity contribution in [2.45, 2.75) is 91.2 Å². The minimum absolute atomic E-state index is 0.0287. The third-order valence-electron chi connectivity index (χ3n) is 6.12. The SMILES string of the molecule is CC(=O)O/N=C(\N)c1csc(CNC(=O)C2CC(C)CN2C(=O)CN(CC(O)CCC(C)O)C(=O)OC(C)(C)C)c1. The predicted octanol–water partition coefficient (Wildman–Crippen LogP) is 1.54. The fourth-order valence-corrected chi connectivity index (χ4v) is 5.02. The van der Waals surface area contributed by atoms with E-state index in [1.54, 1.807) is 39.1 Å². The lowest BCUT2D eigenvalue weighted by atomic mass is 10.1. The van der Waals surface area contributed by atoms with Crippen LogP contribution in [0.5, 0.6) is 0 Å². The topological polar surface area (TPSA) is 184 Å². The van der Waals surface area contributed by atoms with E-state index in [1.165, 1.54) is 23.2 Å². The van der Waals surface area contributed by atoms with Gasteiger partial charge in [-0.3, -0.25) is 14.5 Å². The summed E-state index contributed by atoms with van der Waals surface area (Å²) in [6.45, 7) is 9.88. The van der Waals surface area contributed by atoms with E-state index in [9.17, 15) is 29.4 Å². The van der Waals surface area contributed by atoms with Crippen molar-refractivity contribution in [3.8, 4) is 0 Å². The molecule has 1 aromatic heterocycles. The van der Waals surface area contributed by atoms with Crippen LogP contribution >= 0.6 is 11.3 Å². The van der Waals surface area contributed by atoms with Gasteiger partial charge in [0.2, 0.25) is 11.8 Å². The fourth-order valence-electron chi connectivity index (χ4n) is 4.20.